The van der Waals surface area contributed by atoms with Gasteiger partial charge in [0.25, 0.3) is 5.91 Å². The van der Waals surface area contributed by atoms with E-state index in [0.29, 0.717) is 10.6 Å². The molecule has 0 spiro atoms. The summed E-state index contributed by atoms with van der Waals surface area (Å²) in [4.78, 5) is 19.5. The Morgan fingerprint density at radius 1 is 1.11 bits per heavy atom. The Morgan fingerprint density at radius 2 is 1.85 bits per heavy atom. The van der Waals surface area contributed by atoms with Crippen molar-refractivity contribution < 1.29 is 9.53 Å². The van der Waals surface area contributed by atoms with Gasteiger partial charge in [-0.15, -0.1) is 0 Å². The number of nitrogens with zero attached hydrogens (tertiary/aromatic N) is 2. The molecule has 1 fully saturated rings. The van der Waals surface area contributed by atoms with Crippen LogP contribution in [-0.4, -0.2) is 37.2 Å². The van der Waals surface area contributed by atoms with Gasteiger partial charge in [0, 0.05) is 34.7 Å². The fourth-order valence-corrected chi connectivity index (χ4v) is 3.34. The van der Waals surface area contributed by atoms with E-state index in [-0.39, 0.29) is 5.91 Å². The standard InChI is InChI=1S/C21H20ClN3O2/c1-14-12-20(25-8-10-27-11-9-25)24-19-7-6-17(13-18(14)19)23-21(26)15-2-4-16(22)5-3-15/h2-7,12-13H,8-11H2,1H3,(H,23,26). The Kier molecular flexibility index (Phi) is 4.97. The number of fused-ring (bicyclic) bond motifs is 1. The summed E-state index contributed by atoms with van der Waals surface area (Å²) in [7, 11) is 0. The molecule has 2 aromatic carbocycles. The third kappa shape index (κ3) is 3.89. The Morgan fingerprint density at radius 3 is 2.59 bits per heavy atom. The number of nitrogens with one attached hydrogen (secondary N) is 1. The van der Waals surface area contributed by atoms with E-state index in [1.807, 2.05) is 18.2 Å². The summed E-state index contributed by atoms with van der Waals surface area (Å²) in [6, 6.07) is 14.7. The van der Waals surface area contributed by atoms with Crippen molar-refractivity contribution in [2.24, 2.45) is 0 Å². The van der Waals surface area contributed by atoms with Crippen LogP contribution in [0.4, 0.5) is 11.5 Å². The molecule has 1 aliphatic heterocycles. The quantitative estimate of drug-likeness (QED) is 0.735. The highest BCUT2D eigenvalue weighted by molar-refractivity contribution is 6.30. The first kappa shape index (κ1) is 17.8. The fraction of sp³-hybridized carbons (Fsp3) is 0.238. The molecule has 0 bridgehead atoms. The first-order valence-electron chi connectivity index (χ1n) is 8.91. The van der Waals surface area contributed by atoms with Crippen LogP contribution < -0.4 is 10.2 Å². The SMILES string of the molecule is Cc1cc(N2CCOCC2)nc2ccc(NC(=O)c3ccc(Cl)cc3)cc12. The maximum absolute atomic E-state index is 12.4. The molecule has 1 aliphatic rings. The molecule has 0 radical (unpaired) electrons. The highest BCUT2D eigenvalue weighted by atomic mass is 35.5. The third-order valence-corrected chi connectivity index (χ3v) is 4.95. The van der Waals surface area contributed by atoms with Gasteiger partial charge < -0.3 is 15.0 Å². The van der Waals surface area contributed by atoms with Crippen LogP contribution in [-0.2, 0) is 4.74 Å². The molecule has 138 valence electrons. The first-order valence-corrected chi connectivity index (χ1v) is 9.29. The Balaban J connectivity index is 1.59. The molecule has 3 aromatic rings. The number of carbonyl (C=O) groups is 1. The number of aryl methyl sites for hydroxylation is 1. The zero-order valence-corrected chi connectivity index (χ0v) is 15.8. The number of hydrogen-bond donors (Lipinski definition) is 1. The van der Waals surface area contributed by atoms with E-state index in [1.165, 1.54) is 0 Å². The van der Waals surface area contributed by atoms with Gasteiger partial charge in [-0.05, 0) is 61.0 Å². The molecule has 0 atom stereocenters. The average Bonchev–Trinajstić information content (AvgIpc) is 2.69. The lowest BCUT2D eigenvalue weighted by atomic mass is 10.1. The fourth-order valence-electron chi connectivity index (χ4n) is 3.21. The van der Waals surface area contributed by atoms with Crippen molar-refractivity contribution in [3.05, 3.63) is 64.7 Å². The van der Waals surface area contributed by atoms with Crippen LogP contribution in [0, 0.1) is 6.92 Å². The van der Waals surface area contributed by atoms with E-state index in [4.69, 9.17) is 21.3 Å². The van der Waals surface area contributed by atoms with Gasteiger partial charge in [-0.1, -0.05) is 11.6 Å². The predicted molar refractivity (Wildman–Crippen MR) is 109 cm³/mol. The van der Waals surface area contributed by atoms with Crippen molar-refractivity contribution in [1.29, 1.82) is 0 Å². The van der Waals surface area contributed by atoms with E-state index in [2.05, 4.69) is 23.2 Å². The largest absolute Gasteiger partial charge is 0.378 e. The van der Waals surface area contributed by atoms with Crippen molar-refractivity contribution in [1.82, 2.24) is 4.98 Å². The summed E-state index contributed by atoms with van der Waals surface area (Å²) in [6.07, 6.45) is 0. The lowest BCUT2D eigenvalue weighted by Gasteiger charge is -2.28. The predicted octanol–water partition coefficient (Wildman–Crippen LogP) is 4.29. The summed E-state index contributed by atoms with van der Waals surface area (Å²) in [6.45, 7) is 5.24. The number of benzene rings is 2. The number of rotatable bonds is 3. The Hall–Kier alpha value is -2.63. The lowest BCUT2D eigenvalue weighted by molar-refractivity contribution is 0.102. The molecular formula is C21H20ClN3O2. The summed E-state index contributed by atoms with van der Waals surface area (Å²) in [5.74, 6) is 0.808. The molecule has 2 heterocycles. The van der Waals surface area contributed by atoms with E-state index in [0.717, 1.165) is 54.3 Å². The number of hydrogen-bond acceptors (Lipinski definition) is 4. The molecule has 1 N–H and O–H groups in total. The molecule has 5 nitrogen and oxygen atoms in total. The second-order valence-electron chi connectivity index (χ2n) is 6.59. The van der Waals surface area contributed by atoms with Gasteiger partial charge in [0.05, 0.1) is 18.7 Å². The highest BCUT2D eigenvalue weighted by Gasteiger charge is 2.14. The smallest absolute Gasteiger partial charge is 0.255 e. The summed E-state index contributed by atoms with van der Waals surface area (Å²) in [5, 5.41) is 4.57. The van der Waals surface area contributed by atoms with Crippen molar-refractivity contribution in [3.8, 4) is 0 Å². The van der Waals surface area contributed by atoms with Crippen molar-refractivity contribution in [3.63, 3.8) is 0 Å². The normalized spacial score (nSPS) is 14.4. The molecule has 4 rings (SSSR count). The third-order valence-electron chi connectivity index (χ3n) is 4.70. The van der Waals surface area contributed by atoms with Gasteiger partial charge in [-0.25, -0.2) is 4.98 Å². The minimum atomic E-state index is -0.165. The molecule has 0 unspecified atom stereocenters. The number of aromatic nitrogens is 1. The van der Waals surface area contributed by atoms with E-state index >= 15 is 0 Å². The van der Waals surface area contributed by atoms with Crippen LogP contribution in [0.15, 0.2) is 48.5 Å². The first-order chi connectivity index (χ1) is 13.1. The number of anilines is 2. The summed E-state index contributed by atoms with van der Waals surface area (Å²) in [5.41, 5.74) is 3.36. The Bertz CT molecular complexity index is 983. The summed E-state index contributed by atoms with van der Waals surface area (Å²) >= 11 is 5.88. The number of amides is 1. The highest BCUT2D eigenvalue weighted by Crippen LogP contribution is 2.26. The van der Waals surface area contributed by atoms with E-state index < -0.39 is 0 Å². The van der Waals surface area contributed by atoms with Crippen LogP contribution >= 0.6 is 11.6 Å². The van der Waals surface area contributed by atoms with Gasteiger partial charge in [-0.2, -0.15) is 0 Å². The number of ether oxygens (including phenoxy) is 1. The average molecular weight is 382 g/mol. The molecule has 27 heavy (non-hydrogen) atoms. The molecule has 1 aromatic heterocycles. The molecule has 0 saturated carbocycles. The van der Waals surface area contributed by atoms with Gasteiger partial charge in [0.1, 0.15) is 5.82 Å². The van der Waals surface area contributed by atoms with Gasteiger partial charge in [0.2, 0.25) is 0 Å². The number of pyridine rings is 1. The van der Waals surface area contributed by atoms with Gasteiger partial charge >= 0.3 is 0 Å². The van der Waals surface area contributed by atoms with Gasteiger partial charge in [0.15, 0.2) is 0 Å². The second kappa shape index (κ2) is 7.55. The maximum Gasteiger partial charge on any atom is 0.255 e. The van der Waals surface area contributed by atoms with Crippen LogP contribution in [0.3, 0.4) is 0 Å². The topological polar surface area (TPSA) is 54.5 Å². The minimum absolute atomic E-state index is 0.165. The molecule has 0 aliphatic carbocycles. The second-order valence-corrected chi connectivity index (χ2v) is 7.03. The zero-order chi connectivity index (χ0) is 18.8. The zero-order valence-electron chi connectivity index (χ0n) is 15.0. The van der Waals surface area contributed by atoms with Crippen molar-refractivity contribution in [2.45, 2.75) is 6.92 Å². The molecule has 6 heteroatoms. The molecule has 1 saturated heterocycles. The number of carbonyl (C=O) groups excluding carboxylic acids is 1. The van der Waals surface area contributed by atoms with Crippen LogP contribution in [0.2, 0.25) is 5.02 Å². The van der Waals surface area contributed by atoms with Crippen LogP contribution in [0.25, 0.3) is 10.9 Å². The Labute approximate surface area is 162 Å². The van der Waals surface area contributed by atoms with E-state index in [1.54, 1.807) is 24.3 Å². The minimum Gasteiger partial charge on any atom is -0.378 e. The molecular weight excluding hydrogens is 362 g/mol. The van der Waals surface area contributed by atoms with E-state index in [9.17, 15) is 4.79 Å². The van der Waals surface area contributed by atoms with Gasteiger partial charge in [-0.3, -0.25) is 4.79 Å². The number of morpholine rings is 1. The van der Waals surface area contributed by atoms with Crippen LogP contribution in [0.1, 0.15) is 15.9 Å². The lowest BCUT2D eigenvalue weighted by Crippen LogP contribution is -2.36. The monoisotopic (exact) mass is 381 g/mol. The van der Waals surface area contributed by atoms with Crippen molar-refractivity contribution in [2.75, 3.05) is 36.5 Å². The van der Waals surface area contributed by atoms with Crippen molar-refractivity contribution >= 4 is 39.9 Å². The maximum atomic E-state index is 12.4. The number of halogens is 1. The molecule has 1 amide bonds. The van der Waals surface area contributed by atoms with Crippen LogP contribution in [0.5, 0.6) is 0 Å². The summed E-state index contributed by atoms with van der Waals surface area (Å²) < 4.78 is 5.42.